The van der Waals surface area contributed by atoms with Crippen molar-refractivity contribution < 1.29 is 27.5 Å². The lowest BCUT2D eigenvalue weighted by molar-refractivity contribution is -0.121. The van der Waals surface area contributed by atoms with E-state index in [0.29, 0.717) is 5.75 Å². The standard InChI is InChI=1S/C21H24N2O6S/c1-14(2)29-16-6-4-15(5-7-16)13-22-30(26,27)17-8-9-19(28-3)18(12-17)23-20(24)10-11-21(23)25/h4-9,12,14,22H,10-11,13H2,1-3H3. The van der Waals surface area contributed by atoms with Gasteiger partial charge in [0.1, 0.15) is 11.5 Å². The van der Waals surface area contributed by atoms with E-state index in [1.807, 2.05) is 13.8 Å². The molecule has 2 amide bonds. The zero-order valence-corrected chi connectivity index (χ0v) is 17.9. The fourth-order valence-corrected chi connectivity index (χ4v) is 4.11. The summed E-state index contributed by atoms with van der Waals surface area (Å²) in [6.45, 7) is 3.93. The third kappa shape index (κ3) is 4.80. The largest absolute Gasteiger partial charge is 0.495 e. The van der Waals surface area contributed by atoms with Gasteiger partial charge in [0.05, 0.1) is 23.8 Å². The number of hydrogen-bond acceptors (Lipinski definition) is 6. The minimum Gasteiger partial charge on any atom is -0.495 e. The van der Waals surface area contributed by atoms with Crippen LogP contribution in [0.1, 0.15) is 32.3 Å². The van der Waals surface area contributed by atoms with Gasteiger partial charge in [-0.1, -0.05) is 12.1 Å². The molecule has 1 fully saturated rings. The second-order valence-corrected chi connectivity index (χ2v) is 8.86. The van der Waals surface area contributed by atoms with Gasteiger partial charge in [-0.3, -0.25) is 9.59 Å². The first-order valence-corrected chi connectivity index (χ1v) is 11.0. The molecule has 0 bridgehead atoms. The molecule has 1 N–H and O–H groups in total. The lowest BCUT2D eigenvalue weighted by Crippen LogP contribution is -2.29. The van der Waals surface area contributed by atoms with Crippen molar-refractivity contribution >= 4 is 27.5 Å². The van der Waals surface area contributed by atoms with Crippen LogP contribution in [-0.4, -0.2) is 33.4 Å². The van der Waals surface area contributed by atoms with Crippen molar-refractivity contribution in [1.82, 2.24) is 4.72 Å². The van der Waals surface area contributed by atoms with E-state index < -0.39 is 10.0 Å². The number of nitrogens with one attached hydrogen (secondary N) is 1. The van der Waals surface area contributed by atoms with Crippen LogP contribution in [0.15, 0.2) is 47.4 Å². The highest BCUT2D eigenvalue weighted by Gasteiger charge is 2.33. The number of anilines is 1. The Morgan fingerprint density at radius 2 is 1.67 bits per heavy atom. The quantitative estimate of drug-likeness (QED) is 0.644. The van der Waals surface area contributed by atoms with E-state index in [1.165, 1.54) is 25.3 Å². The number of sulfonamides is 1. The number of rotatable bonds is 8. The second kappa shape index (κ2) is 8.85. The molecule has 9 heteroatoms. The minimum absolute atomic E-state index is 0.0491. The lowest BCUT2D eigenvalue weighted by Gasteiger charge is -2.18. The number of amides is 2. The highest BCUT2D eigenvalue weighted by molar-refractivity contribution is 7.89. The Hall–Kier alpha value is -2.91. The Labute approximate surface area is 175 Å². The van der Waals surface area contributed by atoms with Gasteiger partial charge in [-0.15, -0.1) is 0 Å². The molecule has 0 aliphatic carbocycles. The molecule has 1 aliphatic heterocycles. The highest BCUT2D eigenvalue weighted by atomic mass is 32.2. The molecule has 8 nitrogen and oxygen atoms in total. The molecule has 1 heterocycles. The van der Waals surface area contributed by atoms with Crippen LogP contribution < -0.4 is 19.1 Å². The Morgan fingerprint density at radius 1 is 1.03 bits per heavy atom. The van der Waals surface area contributed by atoms with Gasteiger partial charge >= 0.3 is 0 Å². The first-order valence-electron chi connectivity index (χ1n) is 9.50. The second-order valence-electron chi connectivity index (χ2n) is 7.09. The average Bonchev–Trinajstić information content (AvgIpc) is 3.04. The smallest absolute Gasteiger partial charge is 0.240 e. The number of benzene rings is 2. The normalized spacial score (nSPS) is 14.5. The van der Waals surface area contributed by atoms with Gasteiger partial charge in [0.2, 0.25) is 21.8 Å². The van der Waals surface area contributed by atoms with Gasteiger partial charge in [-0.05, 0) is 49.7 Å². The van der Waals surface area contributed by atoms with Crippen LogP contribution >= 0.6 is 0 Å². The van der Waals surface area contributed by atoms with Crippen LogP contribution in [0.2, 0.25) is 0 Å². The molecule has 0 saturated carbocycles. The molecule has 1 aliphatic rings. The predicted molar refractivity (Wildman–Crippen MR) is 111 cm³/mol. The summed E-state index contributed by atoms with van der Waals surface area (Å²) >= 11 is 0. The van der Waals surface area contributed by atoms with Gasteiger partial charge in [0, 0.05) is 19.4 Å². The summed E-state index contributed by atoms with van der Waals surface area (Å²) < 4.78 is 38.9. The van der Waals surface area contributed by atoms with Crippen molar-refractivity contribution in [1.29, 1.82) is 0 Å². The Morgan fingerprint density at radius 3 is 2.23 bits per heavy atom. The number of ether oxygens (including phenoxy) is 2. The van der Waals surface area contributed by atoms with E-state index in [1.54, 1.807) is 24.3 Å². The molecular formula is C21H24N2O6S. The van der Waals surface area contributed by atoms with Crippen molar-refractivity contribution in [3.8, 4) is 11.5 Å². The van der Waals surface area contributed by atoms with Gasteiger partial charge in [0.25, 0.3) is 0 Å². The topological polar surface area (TPSA) is 102 Å². The summed E-state index contributed by atoms with van der Waals surface area (Å²) in [7, 11) is -2.49. The number of carbonyl (C=O) groups is 2. The molecule has 0 unspecified atom stereocenters. The monoisotopic (exact) mass is 432 g/mol. The van der Waals surface area contributed by atoms with Gasteiger partial charge < -0.3 is 9.47 Å². The minimum atomic E-state index is -3.89. The fraction of sp³-hybridized carbons (Fsp3) is 0.333. The van der Waals surface area contributed by atoms with E-state index in [0.717, 1.165) is 10.5 Å². The molecule has 0 spiro atoms. The van der Waals surface area contributed by atoms with E-state index in [9.17, 15) is 18.0 Å². The maximum atomic E-state index is 12.8. The summed E-state index contributed by atoms with van der Waals surface area (Å²) in [5, 5.41) is 0. The van der Waals surface area contributed by atoms with Crippen molar-refractivity contribution in [2.24, 2.45) is 0 Å². The van der Waals surface area contributed by atoms with Crippen molar-refractivity contribution in [2.75, 3.05) is 12.0 Å². The van der Waals surface area contributed by atoms with E-state index >= 15 is 0 Å². The van der Waals surface area contributed by atoms with Crippen LogP contribution in [0.5, 0.6) is 11.5 Å². The van der Waals surface area contributed by atoms with Crippen molar-refractivity contribution in [3.63, 3.8) is 0 Å². The Balaban J connectivity index is 1.79. The highest BCUT2D eigenvalue weighted by Crippen LogP contribution is 2.34. The molecule has 1 saturated heterocycles. The van der Waals surface area contributed by atoms with Gasteiger partial charge in [0.15, 0.2) is 0 Å². The van der Waals surface area contributed by atoms with E-state index in [2.05, 4.69) is 4.72 Å². The zero-order chi connectivity index (χ0) is 21.9. The number of imide groups is 1. The van der Waals surface area contributed by atoms with E-state index in [4.69, 9.17) is 9.47 Å². The number of hydrogen-bond donors (Lipinski definition) is 1. The van der Waals surface area contributed by atoms with Crippen LogP contribution in [0, 0.1) is 0 Å². The molecule has 2 aromatic carbocycles. The summed E-state index contributed by atoms with van der Waals surface area (Å²) in [5.74, 6) is 0.184. The molecule has 0 radical (unpaired) electrons. The Kier molecular flexibility index (Phi) is 6.42. The number of carbonyl (C=O) groups excluding carboxylic acids is 2. The predicted octanol–water partition coefficient (Wildman–Crippen LogP) is 2.61. The fourth-order valence-electron chi connectivity index (χ4n) is 3.08. The first kappa shape index (κ1) is 21.8. The van der Waals surface area contributed by atoms with Crippen molar-refractivity contribution in [2.45, 2.75) is 44.2 Å². The molecule has 2 aromatic rings. The maximum absolute atomic E-state index is 12.8. The molecule has 0 aromatic heterocycles. The lowest BCUT2D eigenvalue weighted by atomic mass is 10.2. The number of methoxy groups -OCH3 is 1. The zero-order valence-electron chi connectivity index (χ0n) is 17.0. The Bertz CT molecular complexity index is 1030. The molecular weight excluding hydrogens is 408 g/mol. The molecule has 0 atom stereocenters. The van der Waals surface area contributed by atoms with Crippen molar-refractivity contribution in [3.05, 3.63) is 48.0 Å². The molecule has 160 valence electrons. The van der Waals surface area contributed by atoms with Gasteiger partial charge in [-0.2, -0.15) is 0 Å². The van der Waals surface area contributed by atoms with Crippen LogP contribution in [0.3, 0.4) is 0 Å². The van der Waals surface area contributed by atoms with Gasteiger partial charge in [-0.25, -0.2) is 18.0 Å². The third-order valence-electron chi connectivity index (χ3n) is 4.51. The average molecular weight is 432 g/mol. The molecule has 3 rings (SSSR count). The summed E-state index contributed by atoms with van der Waals surface area (Å²) in [5.41, 5.74) is 0.886. The third-order valence-corrected chi connectivity index (χ3v) is 5.91. The van der Waals surface area contributed by atoms with Crippen LogP contribution in [0.4, 0.5) is 5.69 Å². The first-order chi connectivity index (χ1) is 14.2. The van der Waals surface area contributed by atoms with Crippen LogP contribution in [-0.2, 0) is 26.2 Å². The SMILES string of the molecule is COc1ccc(S(=O)(=O)NCc2ccc(OC(C)C)cc2)cc1N1C(=O)CCC1=O. The molecule has 30 heavy (non-hydrogen) atoms. The summed E-state index contributed by atoms with van der Waals surface area (Å²) in [6.07, 6.45) is 0.231. The van der Waals surface area contributed by atoms with E-state index in [-0.39, 0.29) is 53.6 Å². The summed E-state index contributed by atoms with van der Waals surface area (Å²) in [6, 6.07) is 11.2. The number of nitrogens with zero attached hydrogens (tertiary/aromatic N) is 1. The maximum Gasteiger partial charge on any atom is 0.240 e. The summed E-state index contributed by atoms with van der Waals surface area (Å²) in [4.78, 5) is 25.1. The van der Waals surface area contributed by atoms with Crippen LogP contribution in [0.25, 0.3) is 0 Å².